The third-order valence-electron chi connectivity index (χ3n) is 4.41. The summed E-state index contributed by atoms with van der Waals surface area (Å²) in [7, 11) is -0.731. The Morgan fingerprint density at radius 2 is 1.55 bits per heavy atom. The lowest BCUT2D eigenvalue weighted by atomic mass is 10.1. The molecule has 1 N–H and O–H groups in total. The van der Waals surface area contributed by atoms with Gasteiger partial charge in [-0.2, -0.15) is 4.31 Å². The molecule has 7 nitrogen and oxygen atoms in total. The molecule has 0 aliphatic carbocycles. The van der Waals surface area contributed by atoms with Crippen LogP contribution in [0.15, 0.2) is 47.4 Å². The quantitative estimate of drug-likeness (QED) is 0.495. The third-order valence-corrected chi connectivity index (χ3v) is 6.48. The van der Waals surface area contributed by atoms with Gasteiger partial charge in [-0.1, -0.05) is 19.9 Å². The van der Waals surface area contributed by atoms with Crippen molar-refractivity contribution in [3.05, 3.63) is 53.6 Å². The van der Waals surface area contributed by atoms with Gasteiger partial charge in [-0.25, -0.2) is 8.42 Å². The number of hydrogen-bond acceptors (Lipinski definition) is 6. The average Bonchev–Trinajstić information content (AvgIpc) is 2.73. The fourth-order valence-corrected chi connectivity index (χ4v) is 4.24. The molecule has 0 bridgehead atoms. The average molecular weight is 419 g/mol. The fraction of sp³-hybridized carbons (Fsp3) is 0.286. The smallest absolute Gasteiger partial charge is 0.243 e. The normalized spacial score (nSPS) is 11.8. The second-order valence-corrected chi connectivity index (χ2v) is 8.02. The molecule has 0 aliphatic heterocycles. The Morgan fingerprint density at radius 1 is 1.03 bits per heavy atom. The van der Waals surface area contributed by atoms with Crippen LogP contribution in [0, 0.1) is 0 Å². The van der Waals surface area contributed by atoms with E-state index in [1.165, 1.54) is 48.9 Å². The van der Waals surface area contributed by atoms with Crippen LogP contribution in [0.5, 0.6) is 17.2 Å². The standard InChI is InChI=1S/C21H25NO6S/c1-5-22(6-2)29(25,26)17-10-8-16(9-11-17)18(23)12-7-15-13-19(27-3)21(24)20(14-15)28-4/h7-14,24H,5-6H2,1-4H3/b12-7+. The lowest BCUT2D eigenvalue weighted by molar-refractivity contribution is 0.104. The van der Waals surface area contributed by atoms with Crippen LogP contribution in [0.25, 0.3) is 6.08 Å². The number of nitrogens with zero attached hydrogens (tertiary/aromatic N) is 1. The van der Waals surface area contributed by atoms with Crippen molar-refractivity contribution in [2.24, 2.45) is 0 Å². The van der Waals surface area contributed by atoms with Gasteiger partial charge in [0.1, 0.15) is 0 Å². The summed E-state index contributed by atoms with van der Waals surface area (Å²) in [6.07, 6.45) is 2.92. The van der Waals surface area contributed by atoms with E-state index in [-0.39, 0.29) is 27.9 Å². The molecule has 0 atom stereocenters. The van der Waals surface area contributed by atoms with Gasteiger partial charge in [-0.15, -0.1) is 0 Å². The van der Waals surface area contributed by atoms with Gasteiger partial charge in [0.25, 0.3) is 0 Å². The highest BCUT2D eigenvalue weighted by Crippen LogP contribution is 2.37. The maximum atomic E-state index is 12.5. The number of ketones is 1. The van der Waals surface area contributed by atoms with Crippen molar-refractivity contribution in [2.45, 2.75) is 18.7 Å². The predicted octanol–water partition coefficient (Wildman–Crippen LogP) is 3.34. The number of phenolic OH excluding ortho intramolecular Hbond substituents is 1. The highest BCUT2D eigenvalue weighted by atomic mass is 32.2. The van der Waals surface area contributed by atoms with Crippen molar-refractivity contribution in [1.82, 2.24) is 4.31 Å². The molecular weight excluding hydrogens is 394 g/mol. The Kier molecular flexibility index (Phi) is 7.41. The number of allylic oxidation sites excluding steroid dienone is 1. The Labute approximate surface area is 171 Å². The second-order valence-electron chi connectivity index (χ2n) is 6.09. The van der Waals surface area contributed by atoms with Crippen LogP contribution in [0.4, 0.5) is 0 Å². The first kappa shape index (κ1) is 22.4. The fourth-order valence-electron chi connectivity index (χ4n) is 2.78. The second kappa shape index (κ2) is 9.58. The molecule has 0 saturated heterocycles. The number of sulfonamides is 1. The van der Waals surface area contributed by atoms with Gasteiger partial charge in [-0.05, 0) is 48.0 Å². The molecule has 8 heteroatoms. The summed E-state index contributed by atoms with van der Waals surface area (Å²) in [5, 5.41) is 9.94. The van der Waals surface area contributed by atoms with E-state index in [9.17, 15) is 18.3 Å². The summed E-state index contributed by atoms with van der Waals surface area (Å²) in [5.41, 5.74) is 0.961. The molecule has 0 saturated carbocycles. The number of phenols is 1. The SMILES string of the molecule is CCN(CC)S(=O)(=O)c1ccc(C(=O)/C=C/c2cc(OC)c(O)c(OC)c2)cc1. The highest BCUT2D eigenvalue weighted by molar-refractivity contribution is 7.89. The number of carbonyl (C=O) groups excluding carboxylic acids is 1. The first-order valence-corrected chi connectivity index (χ1v) is 10.5. The maximum absolute atomic E-state index is 12.5. The first-order chi connectivity index (χ1) is 13.8. The molecule has 2 aromatic rings. The molecule has 0 aromatic heterocycles. The van der Waals surface area contributed by atoms with Gasteiger partial charge < -0.3 is 14.6 Å². The van der Waals surface area contributed by atoms with Crippen LogP contribution in [-0.2, 0) is 10.0 Å². The van der Waals surface area contributed by atoms with Crippen molar-refractivity contribution < 1.29 is 27.8 Å². The molecule has 2 aromatic carbocycles. The van der Waals surface area contributed by atoms with E-state index in [1.807, 2.05) is 0 Å². The Bertz CT molecular complexity index is 967. The van der Waals surface area contributed by atoms with Crippen LogP contribution in [-0.4, -0.2) is 50.9 Å². The van der Waals surface area contributed by atoms with E-state index in [0.717, 1.165) is 0 Å². The van der Waals surface area contributed by atoms with Crippen LogP contribution in [0.1, 0.15) is 29.8 Å². The lowest BCUT2D eigenvalue weighted by Gasteiger charge is -2.18. The Morgan fingerprint density at radius 3 is 2.00 bits per heavy atom. The zero-order valence-electron chi connectivity index (χ0n) is 16.9. The molecule has 0 fully saturated rings. The molecule has 0 spiro atoms. The van der Waals surface area contributed by atoms with E-state index in [0.29, 0.717) is 24.2 Å². The van der Waals surface area contributed by atoms with Crippen LogP contribution in [0.3, 0.4) is 0 Å². The molecule has 0 heterocycles. The molecule has 2 rings (SSSR count). The molecule has 0 aliphatic rings. The Balaban J connectivity index is 2.24. The molecule has 0 amide bonds. The number of ether oxygens (including phenoxy) is 2. The minimum absolute atomic E-state index is 0.122. The number of carbonyl (C=O) groups is 1. The lowest BCUT2D eigenvalue weighted by Crippen LogP contribution is -2.30. The summed E-state index contributed by atoms with van der Waals surface area (Å²) in [4.78, 5) is 12.6. The van der Waals surface area contributed by atoms with E-state index in [1.54, 1.807) is 32.1 Å². The molecule has 156 valence electrons. The van der Waals surface area contributed by atoms with Gasteiger partial charge >= 0.3 is 0 Å². The maximum Gasteiger partial charge on any atom is 0.243 e. The van der Waals surface area contributed by atoms with E-state index in [2.05, 4.69) is 0 Å². The van der Waals surface area contributed by atoms with E-state index >= 15 is 0 Å². The molecule has 0 radical (unpaired) electrons. The molecular formula is C21H25NO6S. The number of benzene rings is 2. The number of methoxy groups -OCH3 is 2. The first-order valence-electron chi connectivity index (χ1n) is 9.06. The molecule has 29 heavy (non-hydrogen) atoms. The van der Waals surface area contributed by atoms with Gasteiger partial charge in [0.15, 0.2) is 17.3 Å². The largest absolute Gasteiger partial charge is 0.502 e. The topological polar surface area (TPSA) is 93.1 Å². The predicted molar refractivity (Wildman–Crippen MR) is 111 cm³/mol. The van der Waals surface area contributed by atoms with Crippen molar-refractivity contribution in [3.63, 3.8) is 0 Å². The van der Waals surface area contributed by atoms with Crippen molar-refractivity contribution in [2.75, 3.05) is 27.3 Å². The summed E-state index contributed by atoms with van der Waals surface area (Å²) < 4.78 is 36.6. The van der Waals surface area contributed by atoms with Crippen LogP contribution in [0.2, 0.25) is 0 Å². The van der Waals surface area contributed by atoms with E-state index < -0.39 is 10.0 Å². The summed E-state index contributed by atoms with van der Waals surface area (Å²) in [6, 6.07) is 8.98. The third kappa shape index (κ3) is 4.96. The minimum Gasteiger partial charge on any atom is -0.502 e. The summed E-state index contributed by atoms with van der Waals surface area (Å²) in [6.45, 7) is 4.30. The molecule has 0 unspecified atom stereocenters. The summed E-state index contributed by atoms with van der Waals surface area (Å²) >= 11 is 0. The van der Waals surface area contributed by atoms with Gasteiger partial charge in [-0.3, -0.25) is 4.79 Å². The highest BCUT2D eigenvalue weighted by Gasteiger charge is 2.21. The van der Waals surface area contributed by atoms with Gasteiger partial charge in [0.05, 0.1) is 19.1 Å². The van der Waals surface area contributed by atoms with Crippen molar-refractivity contribution in [1.29, 1.82) is 0 Å². The van der Waals surface area contributed by atoms with E-state index in [4.69, 9.17) is 9.47 Å². The van der Waals surface area contributed by atoms with Crippen LogP contribution < -0.4 is 9.47 Å². The summed E-state index contributed by atoms with van der Waals surface area (Å²) in [5.74, 6) is 0.0381. The van der Waals surface area contributed by atoms with Crippen molar-refractivity contribution >= 4 is 21.9 Å². The van der Waals surface area contributed by atoms with Gasteiger partial charge in [0.2, 0.25) is 15.8 Å². The number of aromatic hydroxyl groups is 1. The zero-order valence-corrected chi connectivity index (χ0v) is 17.7. The minimum atomic E-state index is -3.57. The zero-order chi connectivity index (χ0) is 21.6. The monoisotopic (exact) mass is 419 g/mol. The number of hydrogen-bond donors (Lipinski definition) is 1. The Hall–Kier alpha value is -2.84. The van der Waals surface area contributed by atoms with Gasteiger partial charge in [0, 0.05) is 18.7 Å². The van der Waals surface area contributed by atoms with Crippen LogP contribution >= 0.6 is 0 Å². The number of rotatable bonds is 9. The van der Waals surface area contributed by atoms with Crippen molar-refractivity contribution in [3.8, 4) is 17.2 Å².